The Bertz CT molecular complexity index is 1240. The first-order chi connectivity index (χ1) is 16.9. The van der Waals surface area contributed by atoms with Gasteiger partial charge in [0, 0.05) is 42.4 Å². The van der Waals surface area contributed by atoms with Crippen LogP contribution in [0.3, 0.4) is 0 Å². The molecule has 1 aliphatic heterocycles. The number of methoxy groups -OCH3 is 1. The molecule has 7 nitrogen and oxygen atoms in total. The Balaban J connectivity index is 1.39. The van der Waals surface area contributed by atoms with Crippen molar-refractivity contribution >= 4 is 11.8 Å². The van der Waals surface area contributed by atoms with Gasteiger partial charge in [-0.25, -0.2) is 0 Å². The van der Waals surface area contributed by atoms with Crippen molar-refractivity contribution in [2.75, 3.05) is 13.7 Å². The first-order valence-corrected chi connectivity index (χ1v) is 12.3. The number of hydrogen-bond donors (Lipinski definition) is 1. The number of nitrogens with one attached hydrogen (secondary N) is 1. The molecule has 182 valence electrons. The highest BCUT2D eigenvalue weighted by Gasteiger charge is 2.32. The van der Waals surface area contributed by atoms with Gasteiger partial charge in [-0.05, 0) is 62.9 Å². The maximum absolute atomic E-state index is 13.3. The van der Waals surface area contributed by atoms with E-state index in [-0.39, 0.29) is 17.9 Å². The van der Waals surface area contributed by atoms with Crippen LogP contribution >= 0.6 is 0 Å². The molecule has 0 radical (unpaired) electrons. The van der Waals surface area contributed by atoms with Crippen LogP contribution in [0.2, 0.25) is 0 Å². The molecular weight excluding hydrogens is 440 g/mol. The number of nitrogens with zero attached hydrogens (tertiary/aromatic N) is 3. The third kappa shape index (κ3) is 5.09. The summed E-state index contributed by atoms with van der Waals surface area (Å²) in [5.41, 5.74) is 6.41. The van der Waals surface area contributed by atoms with E-state index in [1.54, 1.807) is 7.11 Å². The molecule has 0 atom stereocenters. The fourth-order valence-electron chi connectivity index (χ4n) is 4.82. The lowest BCUT2D eigenvalue weighted by Gasteiger charge is -2.28. The number of aryl methyl sites for hydroxylation is 4. The van der Waals surface area contributed by atoms with Gasteiger partial charge < -0.3 is 15.0 Å². The fourth-order valence-corrected chi connectivity index (χ4v) is 4.82. The first kappa shape index (κ1) is 23.1. The van der Waals surface area contributed by atoms with E-state index in [1.807, 2.05) is 47.7 Å². The molecule has 0 saturated heterocycles. The standard InChI is InChI=1S/C28H32N4O3/c1-18-14-19(2)16-21(15-18)28(34)31-12-11-25-24(17-31)26(27(33)29-22-6-7-22)30-32(25)13-10-20-4-8-23(35-3)9-5-20/h4-5,8-9,14-16,22H,6-7,10-13,17H2,1-3H3,(H,29,33). The number of rotatable bonds is 7. The van der Waals surface area contributed by atoms with Crippen LogP contribution in [-0.2, 0) is 25.9 Å². The Morgan fingerprint density at radius 1 is 1.09 bits per heavy atom. The molecule has 5 rings (SSSR count). The van der Waals surface area contributed by atoms with Gasteiger partial charge >= 0.3 is 0 Å². The Morgan fingerprint density at radius 2 is 1.80 bits per heavy atom. The molecule has 0 bridgehead atoms. The minimum absolute atomic E-state index is 0.00184. The third-order valence-electron chi connectivity index (χ3n) is 6.79. The van der Waals surface area contributed by atoms with Crippen LogP contribution in [0.25, 0.3) is 0 Å². The second-order valence-electron chi connectivity index (χ2n) is 9.70. The van der Waals surface area contributed by atoms with Gasteiger partial charge in [0.05, 0.1) is 13.7 Å². The van der Waals surface area contributed by atoms with Crippen molar-refractivity contribution in [1.82, 2.24) is 20.0 Å². The molecule has 35 heavy (non-hydrogen) atoms. The molecule has 1 N–H and O–H groups in total. The van der Waals surface area contributed by atoms with E-state index in [9.17, 15) is 9.59 Å². The molecule has 7 heteroatoms. The van der Waals surface area contributed by atoms with Crippen molar-refractivity contribution in [3.05, 3.63) is 81.7 Å². The van der Waals surface area contributed by atoms with Gasteiger partial charge in [0.1, 0.15) is 5.75 Å². The first-order valence-electron chi connectivity index (χ1n) is 12.3. The molecule has 1 aliphatic carbocycles. The fraction of sp³-hybridized carbons (Fsp3) is 0.393. The molecule has 2 aromatic carbocycles. The van der Waals surface area contributed by atoms with Gasteiger partial charge in [-0.15, -0.1) is 0 Å². The van der Waals surface area contributed by atoms with E-state index in [2.05, 4.69) is 23.5 Å². The predicted octanol–water partition coefficient (Wildman–Crippen LogP) is 3.84. The van der Waals surface area contributed by atoms with Gasteiger partial charge in [0.2, 0.25) is 0 Å². The summed E-state index contributed by atoms with van der Waals surface area (Å²) >= 11 is 0. The molecule has 3 aromatic rings. The van der Waals surface area contributed by atoms with E-state index >= 15 is 0 Å². The summed E-state index contributed by atoms with van der Waals surface area (Å²) < 4.78 is 7.23. The summed E-state index contributed by atoms with van der Waals surface area (Å²) in [5.74, 6) is 0.701. The highest BCUT2D eigenvalue weighted by Crippen LogP contribution is 2.27. The molecule has 0 unspecified atom stereocenters. The SMILES string of the molecule is COc1ccc(CCn2nc(C(=O)NC3CC3)c3c2CCN(C(=O)c2cc(C)cc(C)c2)C3)cc1. The third-order valence-corrected chi connectivity index (χ3v) is 6.79. The topological polar surface area (TPSA) is 76.5 Å². The highest BCUT2D eigenvalue weighted by molar-refractivity contribution is 5.96. The lowest BCUT2D eigenvalue weighted by molar-refractivity contribution is 0.0730. The van der Waals surface area contributed by atoms with Crippen LogP contribution in [0.15, 0.2) is 42.5 Å². The van der Waals surface area contributed by atoms with Gasteiger partial charge in [0.15, 0.2) is 5.69 Å². The molecule has 2 amide bonds. The monoisotopic (exact) mass is 472 g/mol. The zero-order chi connectivity index (χ0) is 24.5. The van der Waals surface area contributed by atoms with E-state index in [1.165, 1.54) is 5.56 Å². The Kier molecular flexibility index (Phi) is 6.32. The summed E-state index contributed by atoms with van der Waals surface area (Å²) in [6, 6.07) is 14.2. The molecule has 1 saturated carbocycles. The summed E-state index contributed by atoms with van der Waals surface area (Å²) in [6.07, 6.45) is 3.51. The van der Waals surface area contributed by atoms with Crippen LogP contribution in [-0.4, -0.2) is 46.2 Å². The molecule has 2 aliphatic rings. The van der Waals surface area contributed by atoms with Crippen molar-refractivity contribution in [2.45, 2.75) is 58.7 Å². The van der Waals surface area contributed by atoms with E-state index in [0.29, 0.717) is 37.3 Å². The molecule has 1 fully saturated rings. The number of fused-ring (bicyclic) bond motifs is 1. The zero-order valence-electron chi connectivity index (χ0n) is 20.6. The van der Waals surface area contributed by atoms with Crippen LogP contribution in [0.1, 0.15) is 61.6 Å². The summed E-state index contributed by atoms with van der Waals surface area (Å²) in [6.45, 7) is 5.70. The minimum atomic E-state index is -0.132. The Labute approximate surface area is 206 Å². The van der Waals surface area contributed by atoms with Crippen LogP contribution in [0.5, 0.6) is 5.75 Å². The Hall–Kier alpha value is -3.61. The van der Waals surface area contributed by atoms with Gasteiger partial charge in [-0.3, -0.25) is 14.3 Å². The number of hydrogen-bond acceptors (Lipinski definition) is 4. The van der Waals surface area contributed by atoms with Gasteiger partial charge in [0.25, 0.3) is 11.8 Å². The number of carbonyl (C=O) groups excluding carboxylic acids is 2. The maximum Gasteiger partial charge on any atom is 0.272 e. The van der Waals surface area contributed by atoms with Crippen LogP contribution in [0.4, 0.5) is 0 Å². The summed E-state index contributed by atoms with van der Waals surface area (Å²) in [4.78, 5) is 28.2. The average molecular weight is 473 g/mol. The van der Waals surface area contributed by atoms with E-state index in [0.717, 1.165) is 47.4 Å². The quantitative estimate of drug-likeness (QED) is 0.567. The van der Waals surface area contributed by atoms with Crippen molar-refractivity contribution in [1.29, 1.82) is 0 Å². The largest absolute Gasteiger partial charge is 0.497 e. The summed E-state index contributed by atoms with van der Waals surface area (Å²) in [5, 5.41) is 7.84. The van der Waals surface area contributed by atoms with Crippen LogP contribution in [0, 0.1) is 13.8 Å². The average Bonchev–Trinajstić information content (AvgIpc) is 3.59. The van der Waals surface area contributed by atoms with E-state index in [4.69, 9.17) is 9.84 Å². The van der Waals surface area contributed by atoms with E-state index < -0.39 is 0 Å². The molecular formula is C28H32N4O3. The van der Waals surface area contributed by atoms with Gasteiger partial charge in [-0.1, -0.05) is 29.3 Å². The van der Waals surface area contributed by atoms with Crippen LogP contribution < -0.4 is 10.1 Å². The van der Waals surface area contributed by atoms with Crippen molar-refractivity contribution < 1.29 is 14.3 Å². The van der Waals surface area contributed by atoms with Crippen molar-refractivity contribution in [2.24, 2.45) is 0 Å². The predicted molar refractivity (Wildman–Crippen MR) is 134 cm³/mol. The second-order valence-corrected chi connectivity index (χ2v) is 9.70. The maximum atomic E-state index is 13.3. The second kappa shape index (κ2) is 9.56. The number of ether oxygens (including phenoxy) is 1. The lowest BCUT2D eigenvalue weighted by atomic mass is 10.0. The molecule has 1 aromatic heterocycles. The normalized spacial score (nSPS) is 15.0. The summed E-state index contributed by atoms with van der Waals surface area (Å²) in [7, 11) is 1.66. The number of benzene rings is 2. The number of carbonyl (C=O) groups is 2. The lowest BCUT2D eigenvalue weighted by Crippen LogP contribution is -2.37. The molecule has 2 heterocycles. The number of aromatic nitrogens is 2. The van der Waals surface area contributed by atoms with Gasteiger partial charge in [-0.2, -0.15) is 5.10 Å². The van der Waals surface area contributed by atoms with Crippen molar-refractivity contribution in [3.8, 4) is 5.75 Å². The smallest absolute Gasteiger partial charge is 0.272 e. The van der Waals surface area contributed by atoms with Crippen molar-refractivity contribution in [3.63, 3.8) is 0 Å². The minimum Gasteiger partial charge on any atom is -0.497 e. The Morgan fingerprint density at radius 3 is 2.46 bits per heavy atom. The highest BCUT2D eigenvalue weighted by atomic mass is 16.5. The number of amides is 2. The zero-order valence-corrected chi connectivity index (χ0v) is 20.6. The molecule has 0 spiro atoms.